The van der Waals surface area contributed by atoms with Gasteiger partial charge < -0.3 is 14.8 Å². The van der Waals surface area contributed by atoms with Crippen molar-refractivity contribution in [2.45, 2.75) is 38.8 Å². The lowest BCUT2D eigenvalue weighted by atomic mass is 9.94. The molecule has 5 heteroatoms. The highest BCUT2D eigenvalue weighted by Crippen LogP contribution is 2.27. The second-order valence-corrected chi connectivity index (χ2v) is 5.41. The fraction of sp³-hybridized carbons (Fsp3) is 0.636. The van der Waals surface area contributed by atoms with Crippen LogP contribution in [0.25, 0.3) is 0 Å². The molecule has 1 aromatic heterocycles. The molecule has 0 saturated carbocycles. The van der Waals surface area contributed by atoms with E-state index in [0.29, 0.717) is 11.2 Å². The number of aliphatic hydroxyl groups is 1. The monoisotopic (exact) mass is 353 g/mol. The maximum atomic E-state index is 9.40. The van der Waals surface area contributed by atoms with E-state index in [1.165, 1.54) is 0 Å². The van der Waals surface area contributed by atoms with E-state index in [-0.39, 0.29) is 12.1 Å². The molecule has 0 aliphatic rings. The Morgan fingerprint density at radius 2 is 2.00 bits per heavy atom. The number of hydrogen-bond donors (Lipinski definition) is 2. The predicted molar refractivity (Wildman–Crippen MR) is 71.3 cm³/mol. The van der Waals surface area contributed by atoms with Gasteiger partial charge in [-0.2, -0.15) is 0 Å². The lowest BCUT2D eigenvalue weighted by Gasteiger charge is -2.30. The van der Waals surface area contributed by atoms with Crippen molar-refractivity contribution in [3.05, 3.63) is 21.0 Å². The topological polar surface area (TPSA) is 45.4 Å². The molecule has 0 aliphatic heterocycles. The van der Waals surface area contributed by atoms with Gasteiger partial charge in [0, 0.05) is 5.54 Å². The van der Waals surface area contributed by atoms with Crippen LogP contribution in [0.1, 0.15) is 32.4 Å². The van der Waals surface area contributed by atoms with Gasteiger partial charge in [0.15, 0.2) is 4.67 Å². The molecule has 0 aromatic carbocycles. The summed E-state index contributed by atoms with van der Waals surface area (Å²) in [4.78, 5) is 0. The average Bonchev–Trinajstić information content (AvgIpc) is 2.61. The molecular formula is C11H17Br2NO2. The molecule has 0 aliphatic carbocycles. The van der Waals surface area contributed by atoms with Crippen LogP contribution in [0.4, 0.5) is 0 Å². The Kier molecular flexibility index (Phi) is 5.50. The average molecular weight is 355 g/mol. The van der Waals surface area contributed by atoms with Gasteiger partial charge in [0.1, 0.15) is 5.76 Å². The van der Waals surface area contributed by atoms with Crippen molar-refractivity contribution in [1.82, 2.24) is 5.32 Å². The molecule has 0 bridgehead atoms. The van der Waals surface area contributed by atoms with E-state index in [4.69, 9.17) is 4.42 Å². The lowest BCUT2D eigenvalue weighted by Crippen LogP contribution is -2.46. The number of rotatable bonds is 6. The molecule has 3 nitrogen and oxygen atoms in total. The minimum Gasteiger partial charge on any atom is -0.452 e. The summed E-state index contributed by atoms with van der Waals surface area (Å²) < 4.78 is 7.08. The van der Waals surface area contributed by atoms with Gasteiger partial charge in [-0.25, -0.2) is 0 Å². The molecule has 1 aromatic rings. The summed E-state index contributed by atoms with van der Waals surface area (Å²) in [6, 6.07) is 1.92. The Balaban J connectivity index is 2.62. The molecule has 0 fully saturated rings. The zero-order valence-corrected chi connectivity index (χ0v) is 12.7. The maximum absolute atomic E-state index is 9.40. The first-order valence-electron chi connectivity index (χ1n) is 5.36. The summed E-state index contributed by atoms with van der Waals surface area (Å²) in [6.07, 6.45) is 1.78. The fourth-order valence-electron chi connectivity index (χ4n) is 1.53. The molecule has 0 saturated heterocycles. The van der Waals surface area contributed by atoms with Crippen molar-refractivity contribution in [1.29, 1.82) is 0 Å². The van der Waals surface area contributed by atoms with Gasteiger partial charge in [-0.1, -0.05) is 13.8 Å². The van der Waals surface area contributed by atoms with E-state index in [2.05, 4.69) is 51.0 Å². The zero-order chi connectivity index (χ0) is 12.2. The van der Waals surface area contributed by atoms with E-state index in [1.807, 2.05) is 6.07 Å². The van der Waals surface area contributed by atoms with Gasteiger partial charge in [-0.15, -0.1) is 0 Å². The van der Waals surface area contributed by atoms with Crippen LogP contribution < -0.4 is 5.32 Å². The smallest absolute Gasteiger partial charge is 0.183 e. The molecule has 1 rings (SSSR count). The first-order valence-corrected chi connectivity index (χ1v) is 6.95. The van der Waals surface area contributed by atoms with Gasteiger partial charge in [-0.3, -0.25) is 0 Å². The Morgan fingerprint density at radius 1 is 1.38 bits per heavy atom. The summed E-state index contributed by atoms with van der Waals surface area (Å²) in [5, 5.41) is 12.8. The summed E-state index contributed by atoms with van der Waals surface area (Å²) in [5.41, 5.74) is -0.203. The highest BCUT2D eigenvalue weighted by atomic mass is 79.9. The molecule has 2 N–H and O–H groups in total. The van der Waals surface area contributed by atoms with Crippen LogP contribution in [0.2, 0.25) is 0 Å². The largest absolute Gasteiger partial charge is 0.452 e. The van der Waals surface area contributed by atoms with Crippen LogP contribution in [0.3, 0.4) is 0 Å². The maximum Gasteiger partial charge on any atom is 0.183 e. The lowest BCUT2D eigenvalue weighted by molar-refractivity contribution is 0.147. The van der Waals surface area contributed by atoms with E-state index >= 15 is 0 Å². The highest BCUT2D eigenvalue weighted by Gasteiger charge is 2.24. The third-order valence-corrected chi connectivity index (χ3v) is 4.70. The van der Waals surface area contributed by atoms with Crippen LogP contribution in [0, 0.1) is 0 Å². The standard InChI is InChI=1S/C11H17Br2NO2/c1-3-11(4-2,7-15)14-6-8-5-9(12)10(13)16-8/h5,14-15H,3-4,6-7H2,1-2H3. The van der Waals surface area contributed by atoms with Crippen molar-refractivity contribution >= 4 is 31.9 Å². The number of furan rings is 1. The molecule has 0 atom stereocenters. The van der Waals surface area contributed by atoms with E-state index in [1.54, 1.807) is 0 Å². The van der Waals surface area contributed by atoms with Crippen LogP contribution in [-0.4, -0.2) is 17.3 Å². The van der Waals surface area contributed by atoms with E-state index < -0.39 is 0 Å². The summed E-state index contributed by atoms with van der Waals surface area (Å²) in [7, 11) is 0. The fourth-order valence-corrected chi connectivity index (χ4v) is 2.19. The zero-order valence-electron chi connectivity index (χ0n) is 9.52. The highest BCUT2D eigenvalue weighted by molar-refractivity contribution is 9.13. The number of nitrogens with one attached hydrogen (secondary N) is 1. The van der Waals surface area contributed by atoms with Crippen molar-refractivity contribution in [2.75, 3.05) is 6.61 Å². The van der Waals surface area contributed by atoms with Crippen molar-refractivity contribution in [3.8, 4) is 0 Å². The molecule has 1 heterocycles. The first kappa shape index (κ1) is 14.2. The molecular weight excluding hydrogens is 338 g/mol. The molecule has 16 heavy (non-hydrogen) atoms. The molecule has 0 amide bonds. The molecule has 92 valence electrons. The van der Waals surface area contributed by atoms with Gasteiger partial charge in [0.2, 0.25) is 0 Å². The Labute approximate surface area is 113 Å². The third kappa shape index (κ3) is 3.32. The molecule has 0 spiro atoms. The normalized spacial score (nSPS) is 12.1. The predicted octanol–water partition coefficient (Wildman–Crippen LogP) is 3.45. The van der Waals surface area contributed by atoms with Crippen LogP contribution in [-0.2, 0) is 6.54 Å². The van der Waals surface area contributed by atoms with E-state index in [0.717, 1.165) is 23.1 Å². The first-order chi connectivity index (χ1) is 7.56. The Hall–Kier alpha value is 0.160. The minimum atomic E-state index is -0.203. The number of halogens is 2. The Morgan fingerprint density at radius 3 is 2.38 bits per heavy atom. The molecule has 0 unspecified atom stereocenters. The van der Waals surface area contributed by atoms with Gasteiger partial charge in [0.05, 0.1) is 17.6 Å². The number of aliphatic hydroxyl groups excluding tert-OH is 1. The second-order valence-electron chi connectivity index (χ2n) is 3.83. The quantitative estimate of drug-likeness (QED) is 0.822. The third-order valence-electron chi connectivity index (χ3n) is 2.99. The van der Waals surface area contributed by atoms with Crippen molar-refractivity contribution in [3.63, 3.8) is 0 Å². The van der Waals surface area contributed by atoms with Crippen molar-refractivity contribution in [2.24, 2.45) is 0 Å². The van der Waals surface area contributed by atoms with Crippen LogP contribution in [0.5, 0.6) is 0 Å². The summed E-state index contributed by atoms with van der Waals surface area (Å²) in [6.45, 7) is 4.90. The van der Waals surface area contributed by atoms with E-state index in [9.17, 15) is 5.11 Å². The number of hydrogen-bond acceptors (Lipinski definition) is 3. The molecule has 0 radical (unpaired) electrons. The van der Waals surface area contributed by atoms with Crippen LogP contribution >= 0.6 is 31.9 Å². The minimum absolute atomic E-state index is 0.142. The van der Waals surface area contributed by atoms with Gasteiger partial charge >= 0.3 is 0 Å². The van der Waals surface area contributed by atoms with Crippen LogP contribution in [0.15, 0.2) is 19.6 Å². The SMILES string of the molecule is CCC(CC)(CO)NCc1cc(Br)c(Br)o1. The van der Waals surface area contributed by atoms with Crippen molar-refractivity contribution < 1.29 is 9.52 Å². The van der Waals surface area contributed by atoms with Gasteiger partial charge in [-0.05, 0) is 50.8 Å². The summed E-state index contributed by atoms with van der Waals surface area (Å²) >= 11 is 6.67. The Bertz CT molecular complexity index is 307. The second kappa shape index (κ2) is 6.19. The summed E-state index contributed by atoms with van der Waals surface area (Å²) in [5.74, 6) is 0.846. The van der Waals surface area contributed by atoms with Gasteiger partial charge in [0.25, 0.3) is 0 Å².